The fourth-order valence-electron chi connectivity index (χ4n) is 1.15. The van der Waals surface area contributed by atoms with Crippen molar-refractivity contribution in [3.63, 3.8) is 0 Å². The largest absolute Gasteiger partial charge is 0.447 e. The minimum absolute atomic E-state index is 0.131. The van der Waals surface area contributed by atoms with Crippen molar-refractivity contribution >= 4 is 6.09 Å². The van der Waals surface area contributed by atoms with Gasteiger partial charge in [0.15, 0.2) is 0 Å². The Kier molecular flexibility index (Phi) is 3.31. The summed E-state index contributed by atoms with van der Waals surface area (Å²) in [6, 6.07) is 0. The van der Waals surface area contributed by atoms with Gasteiger partial charge in [-0.15, -0.1) is 0 Å². The maximum Gasteiger partial charge on any atom is 0.404 e. The first-order valence-electron chi connectivity index (χ1n) is 3.90. The van der Waals surface area contributed by atoms with Gasteiger partial charge in [-0.1, -0.05) is 0 Å². The van der Waals surface area contributed by atoms with Crippen LogP contribution < -0.4 is 5.73 Å². The average molecular weight is 175 g/mol. The fraction of sp³-hybridized carbons (Fsp3) is 0.857. The Hall–Kier alpha value is -0.810. The smallest absolute Gasteiger partial charge is 0.404 e. The highest BCUT2D eigenvalue weighted by molar-refractivity contribution is 5.64. The molecule has 0 spiro atoms. The van der Waals surface area contributed by atoms with Gasteiger partial charge in [-0.3, -0.25) is 0 Å². The third-order valence-corrected chi connectivity index (χ3v) is 1.75. The molecule has 1 amide bonds. The minimum Gasteiger partial charge on any atom is -0.447 e. The van der Waals surface area contributed by atoms with Crippen molar-refractivity contribution in [1.82, 2.24) is 0 Å². The lowest BCUT2D eigenvalue weighted by Crippen LogP contribution is -2.33. The standard InChI is InChI=1S/C7H13NO4/c8-7(10)12-4-6-3-5(9)1-2-11-6/h5-6,9H,1-4H2,(H2,8,10)/t5-,6+/m1/s1. The molecule has 0 unspecified atom stereocenters. The molecule has 1 heterocycles. The van der Waals surface area contributed by atoms with Gasteiger partial charge in [-0.05, 0) is 6.42 Å². The zero-order chi connectivity index (χ0) is 8.97. The molecule has 0 radical (unpaired) electrons. The van der Waals surface area contributed by atoms with Crippen LogP contribution in [0.15, 0.2) is 0 Å². The summed E-state index contributed by atoms with van der Waals surface area (Å²) in [5, 5.41) is 9.19. The highest BCUT2D eigenvalue weighted by atomic mass is 16.6. The molecule has 0 bridgehead atoms. The number of nitrogens with two attached hydrogens (primary N) is 1. The third-order valence-electron chi connectivity index (χ3n) is 1.75. The van der Waals surface area contributed by atoms with Crippen LogP contribution in [0, 0.1) is 0 Å². The second-order valence-corrected chi connectivity index (χ2v) is 2.80. The van der Waals surface area contributed by atoms with Gasteiger partial charge in [0, 0.05) is 13.0 Å². The van der Waals surface area contributed by atoms with Crippen LogP contribution >= 0.6 is 0 Å². The van der Waals surface area contributed by atoms with Crippen LogP contribution in [0.5, 0.6) is 0 Å². The lowest BCUT2D eigenvalue weighted by Gasteiger charge is -2.25. The van der Waals surface area contributed by atoms with E-state index >= 15 is 0 Å². The molecule has 5 heteroatoms. The molecule has 70 valence electrons. The van der Waals surface area contributed by atoms with Crippen molar-refractivity contribution in [3.8, 4) is 0 Å². The van der Waals surface area contributed by atoms with Gasteiger partial charge >= 0.3 is 6.09 Å². The number of primary amides is 1. The number of amides is 1. The van der Waals surface area contributed by atoms with Crippen molar-refractivity contribution in [2.75, 3.05) is 13.2 Å². The summed E-state index contributed by atoms with van der Waals surface area (Å²) in [6.07, 6.45) is -0.208. The van der Waals surface area contributed by atoms with Gasteiger partial charge in [0.25, 0.3) is 0 Å². The topological polar surface area (TPSA) is 81.8 Å². The molecule has 3 N–H and O–H groups in total. The van der Waals surface area contributed by atoms with E-state index in [4.69, 9.17) is 10.5 Å². The number of rotatable bonds is 2. The van der Waals surface area contributed by atoms with Crippen LogP contribution in [0.1, 0.15) is 12.8 Å². The van der Waals surface area contributed by atoms with E-state index in [1.165, 1.54) is 0 Å². The number of carbonyl (C=O) groups excluding carboxylic acids is 1. The van der Waals surface area contributed by atoms with E-state index in [1.54, 1.807) is 0 Å². The number of ether oxygens (including phenoxy) is 2. The molecule has 0 saturated carbocycles. The number of aliphatic hydroxyl groups excluding tert-OH is 1. The minimum atomic E-state index is -0.807. The van der Waals surface area contributed by atoms with E-state index in [2.05, 4.69) is 4.74 Å². The van der Waals surface area contributed by atoms with Crippen molar-refractivity contribution in [2.45, 2.75) is 25.0 Å². The summed E-state index contributed by atoms with van der Waals surface area (Å²) in [5.41, 5.74) is 4.77. The first kappa shape index (κ1) is 9.28. The highest BCUT2D eigenvalue weighted by Crippen LogP contribution is 2.13. The van der Waals surface area contributed by atoms with Crippen LogP contribution in [0.2, 0.25) is 0 Å². The molecule has 1 aliphatic heterocycles. The molecule has 5 nitrogen and oxygen atoms in total. The molecule has 2 atom stereocenters. The Morgan fingerprint density at radius 1 is 1.75 bits per heavy atom. The maximum atomic E-state index is 10.2. The van der Waals surface area contributed by atoms with Crippen LogP contribution in [-0.4, -0.2) is 36.6 Å². The van der Waals surface area contributed by atoms with Gasteiger partial charge in [-0.2, -0.15) is 0 Å². The predicted octanol–water partition coefficient (Wildman–Crippen LogP) is -0.378. The summed E-state index contributed by atoms with van der Waals surface area (Å²) in [7, 11) is 0. The molecule has 1 aliphatic rings. The quantitative estimate of drug-likeness (QED) is 0.599. The van der Waals surface area contributed by atoms with E-state index in [-0.39, 0.29) is 18.8 Å². The van der Waals surface area contributed by atoms with Crippen LogP contribution in [0.25, 0.3) is 0 Å². The summed E-state index contributed by atoms with van der Waals surface area (Å²) >= 11 is 0. The van der Waals surface area contributed by atoms with Crippen molar-refractivity contribution in [3.05, 3.63) is 0 Å². The lowest BCUT2D eigenvalue weighted by molar-refractivity contribution is -0.0656. The second kappa shape index (κ2) is 4.27. The Morgan fingerprint density at radius 2 is 2.50 bits per heavy atom. The molecule has 1 fully saturated rings. The van der Waals surface area contributed by atoms with Crippen LogP contribution in [0.3, 0.4) is 0 Å². The third kappa shape index (κ3) is 3.06. The van der Waals surface area contributed by atoms with Gasteiger partial charge < -0.3 is 20.3 Å². The van der Waals surface area contributed by atoms with Crippen molar-refractivity contribution in [1.29, 1.82) is 0 Å². The predicted molar refractivity (Wildman–Crippen MR) is 40.5 cm³/mol. The fourth-order valence-corrected chi connectivity index (χ4v) is 1.15. The molecule has 12 heavy (non-hydrogen) atoms. The number of hydrogen-bond acceptors (Lipinski definition) is 4. The molecule has 0 aromatic rings. The van der Waals surface area contributed by atoms with Crippen LogP contribution in [0.4, 0.5) is 4.79 Å². The normalized spacial score (nSPS) is 29.8. The van der Waals surface area contributed by atoms with E-state index in [0.29, 0.717) is 19.4 Å². The summed E-state index contributed by atoms with van der Waals surface area (Å²) < 4.78 is 9.74. The second-order valence-electron chi connectivity index (χ2n) is 2.80. The Balaban J connectivity index is 2.18. The molecule has 0 aromatic heterocycles. The molecule has 0 aliphatic carbocycles. The molecule has 0 aromatic carbocycles. The van der Waals surface area contributed by atoms with E-state index in [0.717, 1.165) is 0 Å². The number of hydrogen-bond donors (Lipinski definition) is 2. The van der Waals surface area contributed by atoms with Gasteiger partial charge in [0.05, 0.1) is 12.2 Å². The zero-order valence-corrected chi connectivity index (χ0v) is 6.73. The Morgan fingerprint density at radius 3 is 3.08 bits per heavy atom. The first-order valence-corrected chi connectivity index (χ1v) is 3.90. The monoisotopic (exact) mass is 175 g/mol. The first-order chi connectivity index (χ1) is 5.68. The van der Waals surface area contributed by atoms with Gasteiger partial charge in [0.1, 0.15) is 6.61 Å². The molecule has 1 saturated heterocycles. The Labute approximate surface area is 70.4 Å². The molecular weight excluding hydrogens is 162 g/mol. The van der Waals surface area contributed by atoms with Crippen molar-refractivity contribution < 1.29 is 19.4 Å². The average Bonchev–Trinajstić information content (AvgIpc) is 2.01. The molecular formula is C7H13NO4. The maximum absolute atomic E-state index is 10.2. The number of aliphatic hydroxyl groups is 1. The Bertz CT molecular complexity index is 161. The summed E-state index contributed by atoms with van der Waals surface area (Å²) in [4.78, 5) is 10.2. The van der Waals surface area contributed by atoms with Gasteiger partial charge in [0.2, 0.25) is 0 Å². The summed E-state index contributed by atoms with van der Waals surface area (Å²) in [6.45, 7) is 0.639. The SMILES string of the molecule is NC(=O)OC[C@@H]1C[C@H](O)CCO1. The van der Waals surface area contributed by atoms with Crippen LogP contribution in [-0.2, 0) is 9.47 Å². The molecule has 1 rings (SSSR count). The van der Waals surface area contributed by atoms with Gasteiger partial charge in [-0.25, -0.2) is 4.79 Å². The number of carbonyl (C=O) groups is 1. The zero-order valence-electron chi connectivity index (χ0n) is 6.73. The summed E-state index contributed by atoms with van der Waals surface area (Å²) in [5.74, 6) is 0. The lowest BCUT2D eigenvalue weighted by atomic mass is 10.1. The van der Waals surface area contributed by atoms with E-state index in [1.807, 2.05) is 0 Å². The highest BCUT2D eigenvalue weighted by Gasteiger charge is 2.21. The van der Waals surface area contributed by atoms with Crippen molar-refractivity contribution in [2.24, 2.45) is 5.73 Å². The van der Waals surface area contributed by atoms with E-state index in [9.17, 15) is 9.90 Å². The van der Waals surface area contributed by atoms with E-state index < -0.39 is 6.09 Å².